The van der Waals surface area contributed by atoms with E-state index in [1.165, 1.54) is 16.7 Å². The lowest BCUT2D eigenvalue weighted by atomic mass is 9.96. The van der Waals surface area contributed by atoms with Gasteiger partial charge in [0.2, 0.25) is 5.91 Å². The molecule has 232 valence electrons. The number of fused-ring (bicyclic) bond motifs is 1. The van der Waals surface area contributed by atoms with Gasteiger partial charge in [0.05, 0.1) is 19.8 Å². The zero-order chi connectivity index (χ0) is 31.2. The van der Waals surface area contributed by atoms with E-state index < -0.39 is 0 Å². The number of aromatic nitrogens is 3. The molecule has 1 aliphatic rings. The molecule has 7 heteroatoms. The number of amides is 1. The van der Waals surface area contributed by atoms with E-state index in [0.29, 0.717) is 13.0 Å². The Morgan fingerprint density at radius 1 is 0.867 bits per heavy atom. The molecule has 0 saturated carbocycles. The monoisotopic (exact) mass is 601 g/mol. The van der Waals surface area contributed by atoms with Crippen molar-refractivity contribution in [2.75, 3.05) is 26.3 Å². The summed E-state index contributed by atoms with van der Waals surface area (Å²) in [5.74, 6) is 1.12. The third kappa shape index (κ3) is 7.49. The Kier molecular flexibility index (Phi) is 9.67. The van der Waals surface area contributed by atoms with Gasteiger partial charge in [-0.1, -0.05) is 73.7 Å². The maximum absolute atomic E-state index is 12.8. The molecule has 0 bridgehead atoms. The van der Waals surface area contributed by atoms with E-state index in [1.807, 2.05) is 25.1 Å². The first-order valence-corrected chi connectivity index (χ1v) is 16.1. The maximum Gasteiger partial charge on any atom is 0.220 e. The number of morpholine rings is 1. The number of nitrogens with one attached hydrogen (secondary N) is 1. The molecule has 0 unspecified atom stereocenters. The highest BCUT2D eigenvalue weighted by molar-refractivity contribution is 5.77. The Morgan fingerprint density at radius 2 is 1.62 bits per heavy atom. The molecule has 1 N–H and O–H groups in total. The van der Waals surface area contributed by atoms with Crippen LogP contribution in [-0.4, -0.2) is 51.6 Å². The lowest BCUT2D eigenvalue weighted by Gasteiger charge is -2.27. The molecule has 1 saturated heterocycles. The Balaban J connectivity index is 1.23. The maximum atomic E-state index is 12.8. The molecule has 1 aliphatic heterocycles. The molecule has 2 aromatic heterocycles. The van der Waals surface area contributed by atoms with Gasteiger partial charge in [0.1, 0.15) is 11.3 Å². The summed E-state index contributed by atoms with van der Waals surface area (Å²) in [7, 11) is 0. The average molecular weight is 602 g/mol. The Morgan fingerprint density at radius 3 is 2.38 bits per heavy atom. The van der Waals surface area contributed by atoms with Crippen molar-refractivity contribution < 1.29 is 9.53 Å². The van der Waals surface area contributed by atoms with Crippen molar-refractivity contribution >= 4 is 17.1 Å². The highest BCUT2D eigenvalue weighted by Crippen LogP contribution is 2.28. The van der Waals surface area contributed by atoms with Crippen molar-refractivity contribution in [2.24, 2.45) is 0 Å². The molecule has 1 amide bonds. The number of carbonyl (C=O) groups excluding carboxylic acids is 1. The van der Waals surface area contributed by atoms with Crippen LogP contribution in [0.25, 0.3) is 22.3 Å². The zero-order valence-electron chi connectivity index (χ0n) is 26.7. The molecule has 6 rings (SSSR count). The Bertz CT molecular complexity index is 1760. The minimum Gasteiger partial charge on any atom is -0.379 e. The lowest BCUT2D eigenvalue weighted by molar-refractivity contribution is -0.121. The van der Waals surface area contributed by atoms with E-state index in [2.05, 4.69) is 89.3 Å². The van der Waals surface area contributed by atoms with Gasteiger partial charge in [-0.05, 0) is 71.3 Å². The number of hydrogen-bond donors (Lipinski definition) is 1. The van der Waals surface area contributed by atoms with E-state index in [9.17, 15) is 4.79 Å². The molecule has 3 aromatic carbocycles. The zero-order valence-corrected chi connectivity index (χ0v) is 26.7. The molecule has 5 aromatic rings. The third-order valence-corrected chi connectivity index (χ3v) is 8.67. The summed E-state index contributed by atoms with van der Waals surface area (Å²) in [5, 5.41) is 3.18. The summed E-state index contributed by atoms with van der Waals surface area (Å²) < 4.78 is 7.81. The van der Waals surface area contributed by atoms with Crippen LogP contribution in [0.2, 0.25) is 0 Å². The smallest absolute Gasteiger partial charge is 0.220 e. The van der Waals surface area contributed by atoms with Gasteiger partial charge in [0.25, 0.3) is 0 Å². The van der Waals surface area contributed by atoms with Gasteiger partial charge >= 0.3 is 0 Å². The topological polar surface area (TPSA) is 72.3 Å². The summed E-state index contributed by atoms with van der Waals surface area (Å²) >= 11 is 0. The first-order valence-electron chi connectivity index (χ1n) is 16.1. The van der Waals surface area contributed by atoms with Crippen LogP contribution in [0.4, 0.5) is 0 Å². The molecule has 0 aliphatic carbocycles. The van der Waals surface area contributed by atoms with E-state index in [-0.39, 0.29) is 5.91 Å². The van der Waals surface area contributed by atoms with Gasteiger partial charge < -0.3 is 14.6 Å². The molecule has 0 atom stereocenters. The minimum atomic E-state index is 0.0657. The number of carbonyl (C=O) groups is 1. The standard InChI is InChI=1S/C38H43N5O2/c1-4-35-41-37-27(2)22-28(3)40-38(37)43(35)26-30-10-14-32(15-11-30)34-23-31(25-42-18-20-45-21-19-42)12-16-33(34)24-39-36(44)17-13-29-8-6-5-7-9-29/h5-12,14-16,22-23H,4,13,17-21,24-26H2,1-3H3,(H,39,44). The largest absolute Gasteiger partial charge is 0.379 e. The second-order valence-corrected chi connectivity index (χ2v) is 12.1. The summed E-state index contributed by atoms with van der Waals surface area (Å²) in [5.41, 5.74) is 11.2. The normalized spacial score (nSPS) is 13.8. The van der Waals surface area contributed by atoms with Crippen LogP contribution in [0.3, 0.4) is 0 Å². The predicted molar refractivity (Wildman–Crippen MR) is 180 cm³/mol. The number of aryl methyl sites for hydroxylation is 4. The molecule has 0 radical (unpaired) electrons. The predicted octanol–water partition coefficient (Wildman–Crippen LogP) is 6.41. The lowest BCUT2D eigenvalue weighted by Crippen LogP contribution is -2.35. The van der Waals surface area contributed by atoms with Crippen LogP contribution in [0.1, 0.15) is 52.7 Å². The fourth-order valence-electron chi connectivity index (χ4n) is 6.20. The number of rotatable bonds is 11. The van der Waals surface area contributed by atoms with Crippen LogP contribution < -0.4 is 5.32 Å². The van der Waals surface area contributed by atoms with E-state index in [0.717, 1.165) is 97.2 Å². The molecule has 7 nitrogen and oxygen atoms in total. The fourth-order valence-corrected chi connectivity index (χ4v) is 6.20. The van der Waals surface area contributed by atoms with Gasteiger partial charge in [0.15, 0.2) is 5.65 Å². The van der Waals surface area contributed by atoms with Crippen LogP contribution in [0.5, 0.6) is 0 Å². The molecule has 45 heavy (non-hydrogen) atoms. The SMILES string of the molecule is CCc1nc2c(C)cc(C)nc2n1Cc1ccc(-c2cc(CN3CCOCC3)ccc2CNC(=O)CCc2ccccc2)cc1. The van der Waals surface area contributed by atoms with Crippen LogP contribution >= 0.6 is 0 Å². The molecule has 0 spiro atoms. The summed E-state index contributed by atoms with van der Waals surface area (Å²) in [4.78, 5) is 25.0. The third-order valence-electron chi connectivity index (χ3n) is 8.67. The van der Waals surface area contributed by atoms with E-state index in [4.69, 9.17) is 14.7 Å². The number of nitrogens with zero attached hydrogens (tertiary/aromatic N) is 4. The summed E-state index contributed by atoms with van der Waals surface area (Å²) in [6, 6.07) is 27.8. The van der Waals surface area contributed by atoms with Crippen molar-refractivity contribution in [3.05, 3.63) is 118 Å². The number of imidazole rings is 1. The van der Waals surface area contributed by atoms with Gasteiger partial charge in [-0.25, -0.2) is 9.97 Å². The highest BCUT2D eigenvalue weighted by Gasteiger charge is 2.16. The Labute approximate surface area is 266 Å². The molecular weight excluding hydrogens is 558 g/mol. The van der Waals surface area contributed by atoms with Crippen LogP contribution in [0, 0.1) is 13.8 Å². The summed E-state index contributed by atoms with van der Waals surface area (Å²) in [6.45, 7) is 11.8. The molecular formula is C38H43N5O2. The Hall–Kier alpha value is -4.33. The minimum absolute atomic E-state index is 0.0657. The first kappa shape index (κ1) is 30.7. The highest BCUT2D eigenvalue weighted by atomic mass is 16.5. The summed E-state index contributed by atoms with van der Waals surface area (Å²) in [6.07, 6.45) is 2.06. The van der Waals surface area contributed by atoms with Gasteiger partial charge in [-0.2, -0.15) is 0 Å². The van der Waals surface area contributed by atoms with Crippen molar-refractivity contribution in [3.8, 4) is 11.1 Å². The van der Waals surface area contributed by atoms with Crippen LogP contribution in [0.15, 0.2) is 78.9 Å². The van der Waals surface area contributed by atoms with Gasteiger partial charge in [-0.3, -0.25) is 9.69 Å². The van der Waals surface area contributed by atoms with Gasteiger partial charge in [0, 0.05) is 44.7 Å². The molecule has 1 fully saturated rings. The van der Waals surface area contributed by atoms with E-state index in [1.54, 1.807) is 0 Å². The fraction of sp³-hybridized carbons (Fsp3) is 0.342. The van der Waals surface area contributed by atoms with Crippen molar-refractivity contribution in [1.29, 1.82) is 0 Å². The first-order chi connectivity index (χ1) is 22.0. The van der Waals surface area contributed by atoms with E-state index >= 15 is 0 Å². The second kappa shape index (κ2) is 14.2. The number of benzene rings is 3. The second-order valence-electron chi connectivity index (χ2n) is 12.1. The van der Waals surface area contributed by atoms with Crippen molar-refractivity contribution in [1.82, 2.24) is 24.8 Å². The average Bonchev–Trinajstić information content (AvgIpc) is 3.41. The number of hydrogen-bond acceptors (Lipinski definition) is 5. The van der Waals surface area contributed by atoms with Crippen LogP contribution in [-0.2, 0) is 42.0 Å². The van der Waals surface area contributed by atoms with Crippen molar-refractivity contribution in [2.45, 2.75) is 59.7 Å². The molecule has 3 heterocycles. The van der Waals surface area contributed by atoms with Crippen molar-refractivity contribution in [3.63, 3.8) is 0 Å². The van der Waals surface area contributed by atoms with Gasteiger partial charge in [-0.15, -0.1) is 0 Å². The quantitative estimate of drug-likeness (QED) is 0.190. The number of pyridine rings is 1. The number of ether oxygens (including phenoxy) is 1.